The van der Waals surface area contributed by atoms with Gasteiger partial charge in [0.1, 0.15) is 6.04 Å². The van der Waals surface area contributed by atoms with Crippen LogP contribution in [0.4, 0.5) is 5.69 Å². The number of hydrogen-bond acceptors (Lipinski definition) is 5. The molecule has 0 aliphatic rings. The van der Waals surface area contributed by atoms with Crippen LogP contribution in [-0.4, -0.2) is 33.1 Å². The summed E-state index contributed by atoms with van der Waals surface area (Å²) in [5.41, 5.74) is 6.19. The smallest absolute Gasteiger partial charge is 0.320 e. The van der Waals surface area contributed by atoms with Gasteiger partial charge in [0.2, 0.25) is 0 Å². The molecule has 0 aromatic heterocycles. The van der Waals surface area contributed by atoms with E-state index in [0.717, 1.165) is 0 Å². The summed E-state index contributed by atoms with van der Waals surface area (Å²) < 4.78 is 0. The molecule has 8 nitrogen and oxygen atoms in total. The van der Waals surface area contributed by atoms with Gasteiger partial charge < -0.3 is 15.9 Å². The summed E-state index contributed by atoms with van der Waals surface area (Å²) in [5.74, 6) is -2.22. The van der Waals surface area contributed by atoms with Crippen molar-refractivity contribution in [1.29, 1.82) is 0 Å². The van der Waals surface area contributed by atoms with Crippen LogP contribution in [0.5, 0.6) is 0 Å². The molecule has 0 spiro atoms. The Bertz CT molecular complexity index is 543. The maximum Gasteiger partial charge on any atom is 0.320 e. The molecule has 8 heteroatoms. The summed E-state index contributed by atoms with van der Waals surface area (Å²) in [6.07, 6.45) is -0.128. The van der Waals surface area contributed by atoms with Crippen molar-refractivity contribution < 1.29 is 24.7 Å². The van der Waals surface area contributed by atoms with Gasteiger partial charge in [-0.1, -0.05) is 6.07 Å². The van der Waals surface area contributed by atoms with Gasteiger partial charge >= 0.3 is 11.9 Å². The van der Waals surface area contributed by atoms with Gasteiger partial charge in [-0.25, -0.2) is 0 Å². The van der Waals surface area contributed by atoms with E-state index in [1.54, 1.807) is 0 Å². The Hall–Kier alpha value is -2.48. The van der Waals surface area contributed by atoms with Crippen LogP contribution in [0.25, 0.3) is 0 Å². The molecule has 1 atom stereocenters. The number of carboxylic acid groups (broad SMARTS) is 2. The number of nitrogens with two attached hydrogens (primary N) is 1. The summed E-state index contributed by atoms with van der Waals surface area (Å²) in [6, 6.07) is 2.78. The monoisotopic (exact) mass is 282 g/mol. The van der Waals surface area contributed by atoms with Crippen LogP contribution in [0.15, 0.2) is 18.2 Å². The van der Waals surface area contributed by atoms with Gasteiger partial charge in [0.25, 0.3) is 5.69 Å². The summed E-state index contributed by atoms with van der Waals surface area (Å²) in [5, 5.41) is 28.1. The van der Waals surface area contributed by atoms with Crippen LogP contribution >= 0.6 is 0 Å². The largest absolute Gasteiger partial charge is 0.481 e. The number of nitro groups is 1. The Kier molecular flexibility index (Phi) is 5.15. The Morgan fingerprint density at radius 2 is 1.95 bits per heavy atom. The van der Waals surface area contributed by atoms with Crippen molar-refractivity contribution in [3.63, 3.8) is 0 Å². The minimum Gasteiger partial charge on any atom is -0.481 e. The Morgan fingerprint density at radius 3 is 2.45 bits per heavy atom. The summed E-state index contributed by atoms with van der Waals surface area (Å²) in [7, 11) is 0. The minimum absolute atomic E-state index is 0.0116. The number of carboxylic acids is 2. The number of benzene rings is 1. The highest BCUT2D eigenvalue weighted by molar-refractivity contribution is 5.73. The van der Waals surface area contributed by atoms with Gasteiger partial charge in [0.05, 0.1) is 4.92 Å². The number of rotatable bonds is 7. The summed E-state index contributed by atoms with van der Waals surface area (Å²) in [6.45, 7) is 0. The molecule has 20 heavy (non-hydrogen) atoms. The van der Waals surface area contributed by atoms with Crippen LogP contribution in [-0.2, 0) is 22.4 Å². The zero-order valence-electron chi connectivity index (χ0n) is 10.5. The third-order valence-electron chi connectivity index (χ3n) is 2.77. The Morgan fingerprint density at radius 1 is 1.30 bits per heavy atom. The van der Waals surface area contributed by atoms with E-state index in [0.29, 0.717) is 11.1 Å². The van der Waals surface area contributed by atoms with Gasteiger partial charge in [0, 0.05) is 18.6 Å². The molecule has 1 rings (SSSR count). The van der Waals surface area contributed by atoms with E-state index in [-0.39, 0.29) is 24.9 Å². The highest BCUT2D eigenvalue weighted by Crippen LogP contribution is 2.20. The molecule has 1 aromatic carbocycles. The molecule has 0 saturated carbocycles. The van der Waals surface area contributed by atoms with E-state index in [2.05, 4.69) is 0 Å². The predicted octanol–water partition coefficient (Wildman–Crippen LogP) is 0.566. The first kappa shape index (κ1) is 15.6. The normalized spacial score (nSPS) is 11.8. The summed E-state index contributed by atoms with van der Waals surface area (Å²) >= 11 is 0. The molecule has 0 aliphatic heterocycles. The standard InChI is InChI=1S/C12H14N2O6/c13-10(12(17)18)6-8-1-3-9(14(19)20)5-7(8)2-4-11(15)16/h1,3,5,10H,2,4,6,13H2,(H,15,16)(H,17,18)/t10-/m0/s1. The van der Waals surface area contributed by atoms with Crippen molar-refractivity contribution >= 4 is 17.6 Å². The van der Waals surface area contributed by atoms with Gasteiger partial charge in [-0.3, -0.25) is 19.7 Å². The molecule has 0 radical (unpaired) electrons. The highest BCUT2D eigenvalue weighted by atomic mass is 16.6. The molecule has 0 aliphatic carbocycles. The number of aliphatic carboxylic acids is 2. The highest BCUT2D eigenvalue weighted by Gasteiger charge is 2.17. The van der Waals surface area contributed by atoms with Crippen molar-refractivity contribution in [3.8, 4) is 0 Å². The number of hydrogen-bond donors (Lipinski definition) is 3. The number of carbonyl (C=O) groups is 2. The number of nitro benzene ring substituents is 1. The molecule has 0 fully saturated rings. The van der Waals surface area contributed by atoms with E-state index in [9.17, 15) is 19.7 Å². The first-order chi connectivity index (χ1) is 9.31. The van der Waals surface area contributed by atoms with E-state index >= 15 is 0 Å². The lowest BCUT2D eigenvalue weighted by Gasteiger charge is -2.11. The predicted molar refractivity (Wildman–Crippen MR) is 68.4 cm³/mol. The lowest BCUT2D eigenvalue weighted by molar-refractivity contribution is -0.384. The van der Waals surface area contributed by atoms with Crippen LogP contribution in [0.3, 0.4) is 0 Å². The van der Waals surface area contributed by atoms with E-state index in [4.69, 9.17) is 15.9 Å². The quantitative estimate of drug-likeness (QED) is 0.489. The third-order valence-corrected chi connectivity index (χ3v) is 2.77. The third kappa shape index (κ3) is 4.32. The zero-order chi connectivity index (χ0) is 15.3. The molecular formula is C12H14N2O6. The van der Waals surface area contributed by atoms with Gasteiger partial charge in [0.15, 0.2) is 0 Å². The maximum absolute atomic E-state index is 10.7. The first-order valence-electron chi connectivity index (χ1n) is 5.77. The van der Waals surface area contributed by atoms with Crippen LogP contribution in [0, 0.1) is 10.1 Å². The lowest BCUT2D eigenvalue weighted by atomic mass is 9.97. The molecule has 0 heterocycles. The number of non-ortho nitro benzene ring substituents is 1. The fraction of sp³-hybridized carbons (Fsp3) is 0.333. The second kappa shape index (κ2) is 6.62. The molecular weight excluding hydrogens is 268 g/mol. The van der Waals surface area contributed by atoms with Gasteiger partial charge in [-0.2, -0.15) is 0 Å². The molecule has 0 unspecified atom stereocenters. The van der Waals surface area contributed by atoms with Crippen molar-refractivity contribution in [1.82, 2.24) is 0 Å². The van der Waals surface area contributed by atoms with Crippen molar-refractivity contribution in [2.75, 3.05) is 0 Å². The second-order valence-electron chi connectivity index (χ2n) is 4.25. The minimum atomic E-state index is -1.19. The van der Waals surface area contributed by atoms with Crippen LogP contribution < -0.4 is 5.73 Å². The molecule has 1 aromatic rings. The zero-order valence-corrected chi connectivity index (χ0v) is 10.5. The fourth-order valence-corrected chi connectivity index (χ4v) is 1.72. The molecule has 0 bridgehead atoms. The van der Waals surface area contributed by atoms with Gasteiger partial charge in [-0.15, -0.1) is 0 Å². The number of nitrogens with zero attached hydrogens (tertiary/aromatic N) is 1. The lowest BCUT2D eigenvalue weighted by Crippen LogP contribution is -2.32. The van der Waals surface area contributed by atoms with E-state index in [1.807, 2.05) is 0 Å². The van der Waals surface area contributed by atoms with Crippen molar-refractivity contribution in [2.24, 2.45) is 5.73 Å². The molecule has 4 N–H and O–H groups in total. The SMILES string of the molecule is N[C@@H](Cc1ccc([N+](=O)[O-])cc1CCC(=O)O)C(=O)O. The molecule has 0 saturated heterocycles. The van der Waals surface area contributed by atoms with E-state index in [1.165, 1.54) is 18.2 Å². The maximum atomic E-state index is 10.7. The fourth-order valence-electron chi connectivity index (χ4n) is 1.72. The van der Waals surface area contributed by atoms with E-state index < -0.39 is 22.9 Å². The van der Waals surface area contributed by atoms with Gasteiger partial charge in [-0.05, 0) is 24.0 Å². The average molecular weight is 282 g/mol. The number of aryl methyl sites for hydroxylation is 1. The molecule has 0 amide bonds. The first-order valence-corrected chi connectivity index (χ1v) is 5.77. The topological polar surface area (TPSA) is 144 Å². The Labute approximate surface area is 114 Å². The molecule has 108 valence electrons. The van der Waals surface area contributed by atoms with Crippen molar-refractivity contribution in [2.45, 2.75) is 25.3 Å². The van der Waals surface area contributed by atoms with Crippen molar-refractivity contribution in [3.05, 3.63) is 39.4 Å². The van der Waals surface area contributed by atoms with Crippen LogP contribution in [0.1, 0.15) is 17.5 Å². The summed E-state index contributed by atoms with van der Waals surface area (Å²) in [4.78, 5) is 31.4. The van der Waals surface area contributed by atoms with Crippen LogP contribution in [0.2, 0.25) is 0 Å². The average Bonchev–Trinajstić information content (AvgIpc) is 2.36. The Balaban J connectivity index is 3.04. The second-order valence-corrected chi connectivity index (χ2v) is 4.25.